The number of carbonyl (C=O) groups is 1. The minimum atomic E-state index is -0.435. The molecule has 114 valence electrons. The molecule has 2 aliphatic rings. The number of nitrogens with one attached hydrogen (secondary N) is 2. The van der Waals surface area contributed by atoms with Crippen LogP contribution >= 0.6 is 0 Å². The molecule has 3 heterocycles. The molecule has 3 rings (SSSR count). The number of rotatable bonds is 3. The van der Waals surface area contributed by atoms with Gasteiger partial charge >= 0.3 is 0 Å². The molecule has 6 heteroatoms. The van der Waals surface area contributed by atoms with Gasteiger partial charge in [-0.3, -0.25) is 4.79 Å². The van der Waals surface area contributed by atoms with Crippen molar-refractivity contribution in [2.45, 2.75) is 37.8 Å². The fourth-order valence-corrected chi connectivity index (χ4v) is 2.93. The lowest BCUT2D eigenvalue weighted by atomic mass is 10.1. The van der Waals surface area contributed by atoms with Crippen LogP contribution in [0, 0.1) is 0 Å². The maximum Gasteiger partial charge on any atom is 0.242 e. The van der Waals surface area contributed by atoms with E-state index in [4.69, 9.17) is 0 Å². The van der Waals surface area contributed by atoms with E-state index in [0.29, 0.717) is 18.8 Å². The highest BCUT2D eigenvalue weighted by molar-refractivity contribution is 5.94. The van der Waals surface area contributed by atoms with Gasteiger partial charge in [0.1, 0.15) is 5.82 Å². The van der Waals surface area contributed by atoms with E-state index in [1.165, 1.54) is 19.3 Å². The zero-order chi connectivity index (χ0) is 14.7. The van der Waals surface area contributed by atoms with Gasteiger partial charge in [0.15, 0.2) is 0 Å². The maximum atomic E-state index is 12.0. The SMILES string of the molecule is O=C(Nc1ccc(N2CCCCC2)cn1)C1CC(O)CN1. The summed E-state index contributed by atoms with van der Waals surface area (Å²) in [6.07, 6.45) is 5.60. The third-order valence-electron chi connectivity index (χ3n) is 4.14. The number of hydrogen-bond acceptors (Lipinski definition) is 5. The number of carbonyl (C=O) groups excluding carboxylic acids is 1. The molecule has 2 fully saturated rings. The molecule has 21 heavy (non-hydrogen) atoms. The molecule has 0 saturated carbocycles. The molecule has 0 radical (unpaired) electrons. The van der Waals surface area contributed by atoms with Crippen molar-refractivity contribution in [3.63, 3.8) is 0 Å². The van der Waals surface area contributed by atoms with Crippen molar-refractivity contribution >= 4 is 17.4 Å². The van der Waals surface area contributed by atoms with Gasteiger partial charge in [0.2, 0.25) is 5.91 Å². The van der Waals surface area contributed by atoms with Crippen LogP contribution in [0.25, 0.3) is 0 Å². The fourth-order valence-electron chi connectivity index (χ4n) is 2.93. The summed E-state index contributed by atoms with van der Waals surface area (Å²) in [5.41, 5.74) is 1.11. The van der Waals surface area contributed by atoms with Gasteiger partial charge in [-0.15, -0.1) is 0 Å². The van der Waals surface area contributed by atoms with Gasteiger partial charge in [0.05, 0.1) is 24.0 Å². The standard InChI is InChI=1S/C15H22N4O2/c20-12-8-13(16-10-12)15(21)18-14-5-4-11(9-17-14)19-6-2-1-3-7-19/h4-5,9,12-13,16,20H,1-3,6-8,10H2,(H,17,18,21). The summed E-state index contributed by atoms with van der Waals surface area (Å²) in [7, 11) is 0. The zero-order valence-corrected chi connectivity index (χ0v) is 12.1. The molecule has 2 atom stereocenters. The number of amides is 1. The summed E-state index contributed by atoms with van der Waals surface area (Å²) in [4.78, 5) is 18.7. The Morgan fingerprint density at radius 3 is 2.76 bits per heavy atom. The topological polar surface area (TPSA) is 77.5 Å². The second-order valence-corrected chi connectivity index (χ2v) is 5.79. The molecular weight excluding hydrogens is 268 g/mol. The van der Waals surface area contributed by atoms with Gasteiger partial charge in [0, 0.05) is 19.6 Å². The lowest BCUT2D eigenvalue weighted by Crippen LogP contribution is -2.35. The van der Waals surface area contributed by atoms with Crippen molar-refractivity contribution in [1.29, 1.82) is 0 Å². The smallest absolute Gasteiger partial charge is 0.242 e. The first-order chi connectivity index (χ1) is 10.2. The number of piperidine rings is 1. The average Bonchev–Trinajstić information content (AvgIpc) is 2.96. The summed E-state index contributed by atoms with van der Waals surface area (Å²) in [6, 6.07) is 3.52. The number of hydrogen-bond donors (Lipinski definition) is 3. The van der Waals surface area contributed by atoms with Crippen LogP contribution in [0.3, 0.4) is 0 Å². The zero-order valence-electron chi connectivity index (χ0n) is 12.1. The Hall–Kier alpha value is -1.66. The quantitative estimate of drug-likeness (QED) is 0.765. The van der Waals surface area contributed by atoms with Crippen molar-refractivity contribution < 1.29 is 9.90 Å². The molecule has 2 saturated heterocycles. The second kappa shape index (κ2) is 6.41. The highest BCUT2D eigenvalue weighted by Gasteiger charge is 2.28. The van der Waals surface area contributed by atoms with Gasteiger partial charge in [-0.2, -0.15) is 0 Å². The normalized spacial score (nSPS) is 25.9. The molecule has 1 aromatic rings. The highest BCUT2D eigenvalue weighted by atomic mass is 16.3. The maximum absolute atomic E-state index is 12.0. The number of β-amino-alcohol motifs (C(OH)–C–C–N with tert-alkyl or cyclic N) is 1. The van der Waals surface area contributed by atoms with Crippen LogP contribution in [-0.2, 0) is 4.79 Å². The number of aliphatic hydroxyl groups excluding tert-OH is 1. The second-order valence-electron chi connectivity index (χ2n) is 5.79. The van der Waals surface area contributed by atoms with Crippen molar-refractivity contribution in [3.8, 4) is 0 Å². The van der Waals surface area contributed by atoms with Gasteiger partial charge in [-0.05, 0) is 37.8 Å². The van der Waals surface area contributed by atoms with Crippen molar-refractivity contribution in [2.24, 2.45) is 0 Å². The van der Waals surface area contributed by atoms with E-state index in [1.54, 1.807) is 0 Å². The minimum Gasteiger partial charge on any atom is -0.392 e. The predicted molar refractivity (Wildman–Crippen MR) is 81.3 cm³/mol. The number of anilines is 2. The average molecular weight is 290 g/mol. The summed E-state index contributed by atoms with van der Waals surface area (Å²) < 4.78 is 0. The number of pyridine rings is 1. The molecule has 0 aromatic carbocycles. The van der Waals surface area contributed by atoms with Crippen LogP contribution < -0.4 is 15.5 Å². The first-order valence-electron chi connectivity index (χ1n) is 7.66. The first kappa shape index (κ1) is 14.3. The Morgan fingerprint density at radius 1 is 1.33 bits per heavy atom. The largest absolute Gasteiger partial charge is 0.392 e. The predicted octanol–water partition coefficient (Wildman–Crippen LogP) is 0.733. The third kappa shape index (κ3) is 3.51. The van der Waals surface area contributed by atoms with Crippen LogP contribution in [0.15, 0.2) is 18.3 Å². The van der Waals surface area contributed by atoms with E-state index >= 15 is 0 Å². The van der Waals surface area contributed by atoms with Gasteiger partial charge < -0.3 is 20.6 Å². The summed E-state index contributed by atoms with van der Waals surface area (Å²) in [6.45, 7) is 2.63. The lowest BCUT2D eigenvalue weighted by Gasteiger charge is -2.28. The molecule has 0 bridgehead atoms. The Labute approximate surface area is 124 Å². The first-order valence-corrected chi connectivity index (χ1v) is 7.66. The van der Waals surface area contributed by atoms with E-state index in [0.717, 1.165) is 18.8 Å². The highest BCUT2D eigenvalue weighted by Crippen LogP contribution is 2.20. The number of nitrogens with zero attached hydrogens (tertiary/aromatic N) is 2. The molecule has 2 unspecified atom stereocenters. The Bertz CT molecular complexity index is 485. The van der Waals surface area contributed by atoms with Gasteiger partial charge in [-0.25, -0.2) is 4.98 Å². The van der Waals surface area contributed by atoms with Crippen molar-refractivity contribution in [2.75, 3.05) is 29.9 Å². The van der Waals surface area contributed by atoms with Crippen LogP contribution in [0.2, 0.25) is 0 Å². The monoisotopic (exact) mass is 290 g/mol. The fraction of sp³-hybridized carbons (Fsp3) is 0.600. The van der Waals surface area contributed by atoms with Crippen molar-refractivity contribution in [1.82, 2.24) is 10.3 Å². The van der Waals surface area contributed by atoms with E-state index in [1.807, 2.05) is 18.3 Å². The Balaban J connectivity index is 1.57. The van der Waals surface area contributed by atoms with Crippen LogP contribution in [0.4, 0.5) is 11.5 Å². The molecule has 2 aliphatic heterocycles. The van der Waals surface area contributed by atoms with Crippen LogP contribution in [0.5, 0.6) is 0 Å². The van der Waals surface area contributed by atoms with E-state index in [2.05, 4.69) is 20.5 Å². The van der Waals surface area contributed by atoms with Crippen LogP contribution in [0.1, 0.15) is 25.7 Å². The molecular formula is C15H22N4O2. The van der Waals surface area contributed by atoms with E-state index in [9.17, 15) is 9.90 Å². The summed E-state index contributed by atoms with van der Waals surface area (Å²) in [5.74, 6) is 0.425. The summed E-state index contributed by atoms with van der Waals surface area (Å²) in [5, 5.41) is 15.2. The number of aliphatic hydroxyl groups is 1. The number of aromatic nitrogens is 1. The molecule has 6 nitrogen and oxygen atoms in total. The van der Waals surface area contributed by atoms with E-state index in [-0.39, 0.29) is 11.9 Å². The Kier molecular flexibility index (Phi) is 4.36. The molecule has 3 N–H and O–H groups in total. The van der Waals surface area contributed by atoms with Crippen molar-refractivity contribution in [3.05, 3.63) is 18.3 Å². The third-order valence-corrected chi connectivity index (χ3v) is 4.14. The lowest BCUT2D eigenvalue weighted by molar-refractivity contribution is -0.118. The molecule has 0 aliphatic carbocycles. The Morgan fingerprint density at radius 2 is 2.14 bits per heavy atom. The van der Waals surface area contributed by atoms with E-state index < -0.39 is 6.10 Å². The van der Waals surface area contributed by atoms with Gasteiger partial charge in [-0.1, -0.05) is 0 Å². The minimum absolute atomic E-state index is 0.134. The summed E-state index contributed by atoms with van der Waals surface area (Å²) >= 11 is 0. The molecule has 1 amide bonds. The molecule has 0 spiro atoms. The molecule has 1 aromatic heterocycles. The van der Waals surface area contributed by atoms with Crippen LogP contribution in [-0.4, -0.2) is 47.8 Å². The van der Waals surface area contributed by atoms with Gasteiger partial charge in [0.25, 0.3) is 0 Å².